The van der Waals surface area contributed by atoms with E-state index in [-0.39, 0.29) is 11.6 Å². The third-order valence-electron chi connectivity index (χ3n) is 3.11. The van der Waals surface area contributed by atoms with Crippen LogP contribution in [0, 0.1) is 5.82 Å². The average molecular weight is 294 g/mol. The zero-order valence-corrected chi connectivity index (χ0v) is 12.3. The summed E-state index contributed by atoms with van der Waals surface area (Å²) in [5, 5.41) is 3.90. The number of rotatable bonds is 5. The van der Waals surface area contributed by atoms with E-state index < -0.39 is 0 Å². The van der Waals surface area contributed by atoms with Gasteiger partial charge in [0.05, 0.1) is 7.11 Å². The van der Waals surface area contributed by atoms with Crippen molar-refractivity contribution in [3.63, 3.8) is 0 Å². The molecule has 106 valence electrons. The predicted octanol–water partition coefficient (Wildman–Crippen LogP) is 4.26. The Hall–Kier alpha value is -1.58. The van der Waals surface area contributed by atoms with E-state index in [1.54, 1.807) is 24.3 Å². The van der Waals surface area contributed by atoms with E-state index >= 15 is 0 Å². The van der Waals surface area contributed by atoms with Gasteiger partial charge in [-0.3, -0.25) is 0 Å². The largest absolute Gasteiger partial charge is 0.494 e. The summed E-state index contributed by atoms with van der Waals surface area (Å²) in [7, 11) is 1.46. The van der Waals surface area contributed by atoms with Crippen LogP contribution in [0.25, 0.3) is 11.1 Å². The van der Waals surface area contributed by atoms with Crippen molar-refractivity contribution < 1.29 is 9.13 Å². The molecule has 20 heavy (non-hydrogen) atoms. The second-order valence-corrected chi connectivity index (χ2v) is 4.82. The maximum atomic E-state index is 14.3. The fourth-order valence-electron chi connectivity index (χ4n) is 2.03. The van der Waals surface area contributed by atoms with Crippen LogP contribution < -0.4 is 10.1 Å². The minimum absolute atomic E-state index is 0.241. The highest BCUT2D eigenvalue weighted by atomic mass is 35.5. The summed E-state index contributed by atoms with van der Waals surface area (Å²) in [6.07, 6.45) is 0. The van der Waals surface area contributed by atoms with Crippen LogP contribution in [0.15, 0.2) is 36.4 Å². The second-order valence-electron chi connectivity index (χ2n) is 4.41. The Morgan fingerprint density at radius 2 is 2.05 bits per heavy atom. The van der Waals surface area contributed by atoms with Gasteiger partial charge in [0.25, 0.3) is 0 Å². The smallest absolute Gasteiger partial charge is 0.172 e. The number of hydrogen-bond acceptors (Lipinski definition) is 2. The van der Waals surface area contributed by atoms with Crippen molar-refractivity contribution in [2.24, 2.45) is 0 Å². The van der Waals surface area contributed by atoms with E-state index in [4.69, 9.17) is 16.3 Å². The second kappa shape index (κ2) is 6.73. The Kier molecular flexibility index (Phi) is 4.99. The van der Waals surface area contributed by atoms with Crippen LogP contribution in [0.4, 0.5) is 4.39 Å². The number of methoxy groups -OCH3 is 1. The number of hydrogen-bond donors (Lipinski definition) is 1. The Morgan fingerprint density at radius 1 is 1.25 bits per heavy atom. The molecule has 0 unspecified atom stereocenters. The molecule has 2 nitrogen and oxygen atoms in total. The first-order valence-corrected chi connectivity index (χ1v) is 6.87. The molecule has 0 spiro atoms. The zero-order valence-electron chi connectivity index (χ0n) is 11.5. The van der Waals surface area contributed by atoms with Crippen LogP contribution in [0.3, 0.4) is 0 Å². The van der Waals surface area contributed by atoms with Gasteiger partial charge >= 0.3 is 0 Å². The zero-order chi connectivity index (χ0) is 14.5. The summed E-state index contributed by atoms with van der Waals surface area (Å²) in [4.78, 5) is 0. The van der Waals surface area contributed by atoms with E-state index in [9.17, 15) is 4.39 Å². The van der Waals surface area contributed by atoms with Crippen LogP contribution in [0.1, 0.15) is 12.5 Å². The first kappa shape index (κ1) is 14.8. The van der Waals surface area contributed by atoms with Crippen molar-refractivity contribution in [1.29, 1.82) is 0 Å². The van der Waals surface area contributed by atoms with Crippen molar-refractivity contribution in [3.05, 3.63) is 52.8 Å². The molecule has 0 heterocycles. The predicted molar refractivity (Wildman–Crippen MR) is 80.8 cm³/mol. The summed E-state index contributed by atoms with van der Waals surface area (Å²) < 4.78 is 19.3. The lowest BCUT2D eigenvalue weighted by molar-refractivity contribution is 0.387. The fraction of sp³-hybridized carbons (Fsp3) is 0.250. The topological polar surface area (TPSA) is 21.3 Å². The van der Waals surface area contributed by atoms with Crippen LogP contribution in [-0.2, 0) is 6.54 Å². The minimum atomic E-state index is -0.355. The lowest BCUT2D eigenvalue weighted by atomic mass is 10.0. The van der Waals surface area contributed by atoms with Gasteiger partial charge in [0.2, 0.25) is 0 Å². The minimum Gasteiger partial charge on any atom is -0.494 e. The molecule has 0 saturated heterocycles. The molecule has 0 amide bonds. The maximum Gasteiger partial charge on any atom is 0.172 e. The van der Waals surface area contributed by atoms with Gasteiger partial charge < -0.3 is 10.1 Å². The molecule has 2 aromatic rings. The van der Waals surface area contributed by atoms with E-state index in [1.165, 1.54) is 7.11 Å². The Labute approximate surface area is 123 Å². The van der Waals surface area contributed by atoms with Crippen LogP contribution in [0.2, 0.25) is 5.02 Å². The normalized spacial score (nSPS) is 10.6. The van der Waals surface area contributed by atoms with Gasteiger partial charge in [-0.2, -0.15) is 0 Å². The van der Waals surface area contributed by atoms with Crippen LogP contribution in [0.5, 0.6) is 5.75 Å². The van der Waals surface area contributed by atoms with Crippen molar-refractivity contribution in [2.75, 3.05) is 13.7 Å². The van der Waals surface area contributed by atoms with E-state index in [2.05, 4.69) is 5.32 Å². The molecule has 0 aliphatic rings. The number of nitrogens with one attached hydrogen (secondary N) is 1. The summed E-state index contributed by atoms with van der Waals surface area (Å²) in [6, 6.07) is 10.6. The quantitative estimate of drug-likeness (QED) is 0.889. The molecular weight excluding hydrogens is 277 g/mol. The van der Waals surface area contributed by atoms with Gasteiger partial charge in [0.15, 0.2) is 11.6 Å². The average Bonchev–Trinajstić information content (AvgIpc) is 2.47. The summed E-state index contributed by atoms with van der Waals surface area (Å²) in [5.41, 5.74) is 2.26. The molecule has 2 aromatic carbocycles. The SMILES string of the molecule is CCNCc1cc(-c2cccc(OC)c2F)ccc1Cl. The van der Waals surface area contributed by atoms with Crippen LogP contribution in [-0.4, -0.2) is 13.7 Å². The summed E-state index contributed by atoms with van der Waals surface area (Å²) >= 11 is 6.16. The van der Waals surface area contributed by atoms with Crippen molar-refractivity contribution in [3.8, 4) is 16.9 Å². The van der Waals surface area contributed by atoms with Crippen LogP contribution >= 0.6 is 11.6 Å². The molecule has 0 radical (unpaired) electrons. The lowest BCUT2D eigenvalue weighted by Gasteiger charge is -2.11. The van der Waals surface area contributed by atoms with Crippen molar-refractivity contribution in [2.45, 2.75) is 13.5 Å². The van der Waals surface area contributed by atoms with E-state index in [0.717, 1.165) is 17.7 Å². The molecule has 0 aromatic heterocycles. The van der Waals surface area contributed by atoms with Gasteiger partial charge in [-0.1, -0.05) is 36.7 Å². The molecular formula is C16H17ClFNO. The Morgan fingerprint density at radius 3 is 2.75 bits per heavy atom. The lowest BCUT2D eigenvalue weighted by Crippen LogP contribution is -2.12. The molecule has 0 aliphatic carbocycles. The van der Waals surface area contributed by atoms with Gasteiger partial charge in [0, 0.05) is 17.1 Å². The number of benzene rings is 2. The van der Waals surface area contributed by atoms with Gasteiger partial charge in [-0.05, 0) is 35.9 Å². The summed E-state index contributed by atoms with van der Waals surface area (Å²) in [5.74, 6) is -0.114. The highest BCUT2D eigenvalue weighted by Gasteiger charge is 2.11. The number of halogens is 2. The summed E-state index contributed by atoms with van der Waals surface area (Å²) in [6.45, 7) is 3.54. The first-order valence-electron chi connectivity index (χ1n) is 6.49. The van der Waals surface area contributed by atoms with Gasteiger partial charge in [-0.25, -0.2) is 4.39 Å². The third-order valence-corrected chi connectivity index (χ3v) is 3.47. The van der Waals surface area contributed by atoms with E-state index in [0.29, 0.717) is 17.1 Å². The molecule has 1 N–H and O–H groups in total. The third kappa shape index (κ3) is 3.11. The molecule has 0 aliphatic heterocycles. The van der Waals surface area contributed by atoms with E-state index in [1.807, 2.05) is 19.1 Å². The Balaban J connectivity index is 2.43. The first-order chi connectivity index (χ1) is 9.67. The molecule has 2 rings (SSSR count). The van der Waals surface area contributed by atoms with Gasteiger partial charge in [0.1, 0.15) is 0 Å². The molecule has 0 fully saturated rings. The molecule has 0 atom stereocenters. The fourth-order valence-corrected chi connectivity index (χ4v) is 2.21. The number of ether oxygens (including phenoxy) is 1. The molecule has 0 saturated carbocycles. The van der Waals surface area contributed by atoms with Crippen molar-refractivity contribution >= 4 is 11.6 Å². The highest BCUT2D eigenvalue weighted by molar-refractivity contribution is 6.31. The maximum absolute atomic E-state index is 14.3. The molecule has 0 bridgehead atoms. The Bertz CT molecular complexity index is 601. The monoisotopic (exact) mass is 293 g/mol. The standard InChI is InChI=1S/C16H17ClFNO/c1-3-19-10-12-9-11(7-8-14(12)17)13-5-4-6-15(20-2)16(13)18/h4-9,19H,3,10H2,1-2H3. The molecule has 4 heteroatoms. The van der Waals surface area contributed by atoms with Gasteiger partial charge in [-0.15, -0.1) is 0 Å². The highest BCUT2D eigenvalue weighted by Crippen LogP contribution is 2.31. The van der Waals surface area contributed by atoms with Crippen molar-refractivity contribution in [1.82, 2.24) is 5.32 Å².